The molecule has 0 aromatic carbocycles. The SMILES string of the molecule is CC.CCC(C)c1cnc2ccccn12. The van der Waals surface area contributed by atoms with E-state index in [0.717, 1.165) is 12.1 Å². The van der Waals surface area contributed by atoms with Crippen molar-refractivity contribution < 1.29 is 0 Å². The maximum absolute atomic E-state index is 4.35. The maximum Gasteiger partial charge on any atom is 0.136 e. The van der Waals surface area contributed by atoms with Gasteiger partial charge in [0.05, 0.1) is 0 Å². The average molecular weight is 204 g/mol. The Kier molecular flexibility index (Phi) is 4.35. The molecule has 0 saturated heterocycles. The van der Waals surface area contributed by atoms with Gasteiger partial charge < -0.3 is 4.40 Å². The third-order valence-corrected chi connectivity index (χ3v) is 2.56. The van der Waals surface area contributed by atoms with Crippen LogP contribution in [0.2, 0.25) is 0 Å². The number of hydrogen-bond donors (Lipinski definition) is 0. The first-order valence-corrected chi connectivity index (χ1v) is 5.75. The summed E-state index contributed by atoms with van der Waals surface area (Å²) in [6.07, 6.45) is 5.20. The molecular weight excluding hydrogens is 184 g/mol. The molecule has 0 saturated carbocycles. The quantitative estimate of drug-likeness (QED) is 0.725. The molecule has 2 rings (SSSR count). The van der Waals surface area contributed by atoms with Gasteiger partial charge in [-0.15, -0.1) is 0 Å². The van der Waals surface area contributed by atoms with Crippen LogP contribution in [0.3, 0.4) is 0 Å². The topological polar surface area (TPSA) is 17.3 Å². The van der Waals surface area contributed by atoms with Gasteiger partial charge in [0.25, 0.3) is 0 Å². The van der Waals surface area contributed by atoms with E-state index in [4.69, 9.17) is 0 Å². The number of rotatable bonds is 2. The van der Waals surface area contributed by atoms with Crippen LogP contribution >= 0.6 is 0 Å². The van der Waals surface area contributed by atoms with Gasteiger partial charge in [-0.25, -0.2) is 4.98 Å². The summed E-state index contributed by atoms with van der Waals surface area (Å²) in [5.74, 6) is 0.581. The molecule has 0 aliphatic carbocycles. The van der Waals surface area contributed by atoms with E-state index in [9.17, 15) is 0 Å². The van der Waals surface area contributed by atoms with E-state index in [1.54, 1.807) is 0 Å². The Balaban J connectivity index is 0.000000531. The molecule has 15 heavy (non-hydrogen) atoms. The van der Waals surface area contributed by atoms with Crippen molar-refractivity contribution in [3.8, 4) is 0 Å². The molecule has 0 radical (unpaired) electrons. The van der Waals surface area contributed by atoms with E-state index in [-0.39, 0.29) is 0 Å². The molecule has 0 aliphatic heterocycles. The Morgan fingerprint density at radius 3 is 2.73 bits per heavy atom. The van der Waals surface area contributed by atoms with Gasteiger partial charge in [0.15, 0.2) is 0 Å². The zero-order valence-electron chi connectivity index (χ0n) is 10.1. The van der Waals surface area contributed by atoms with Crippen LogP contribution in [-0.2, 0) is 0 Å². The van der Waals surface area contributed by atoms with Gasteiger partial charge in [-0.2, -0.15) is 0 Å². The number of pyridine rings is 1. The van der Waals surface area contributed by atoms with Gasteiger partial charge in [0.2, 0.25) is 0 Å². The number of aromatic nitrogens is 2. The van der Waals surface area contributed by atoms with Gasteiger partial charge in [0, 0.05) is 18.1 Å². The first-order chi connectivity index (χ1) is 7.33. The number of fused-ring (bicyclic) bond motifs is 1. The van der Waals surface area contributed by atoms with E-state index in [1.165, 1.54) is 5.69 Å². The predicted molar refractivity (Wildman–Crippen MR) is 65.2 cm³/mol. The third kappa shape index (κ3) is 2.38. The first kappa shape index (κ1) is 11.8. The van der Waals surface area contributed by atoms with Gasteiger partial charge >= 0.3 is 0 Å². The maximum atomic E-state index is 4.35. The van der Waals surface area contributed by atoms with Crippen LogP contribution in [0, 0.1) is 0 Å². The lowest BCUT2D eigenvalue weighted by Crippen LogP contribution is -1.96. The van der Waals surface area contributed by atoms with Crippen LogP contribution in [0.15, 0.2) is 30.6 Å². The summed E-state index contributed by atoms with van der Waals surface area (Å²) in [6, 6.07) is 6.09. The summed E-state index contributed by atoms with van der Waals surface area (Å²) in [7, 11) is 0. The van der Waals surface area contributed by atoms with Crippen LogP contribution < -0.4 is 0 Å². The molecule has 2 nitrogen and oxygen atoms in total. The molecule has 0 bridgehead atoms. The fourth-order valence-corrected chi connectivity index (χ4v) is 1.53. The second kappa shape index (κ2) is 5.54. The lowest BCUT2D eigenvalue weighted by Gasteiger charge is -2.07. The summed E-state index contributed by atoms with van der Waals surface area (Å²) in [5, 5.41) is 0. The van der Waals surface area contributed by atoms with E-state index < -0.39 is 0 Å². The van der Waals surface area contributed by atoms with Crippen molar-refractivity contribution in [1.29, 1.82) is 0 Å². The second-order valence-electron chi connectivity index (χ2n) is 3.42. The Labute approximate surface area is 92.0 Å². The average Bonchev–Trinajstić information content (AvgIpc) is 2.74. The first-order valence-electron chi connectivity index (χ1n) is 5.75. The molecule has 0 aliphatic rings. The minimum Gasteiger partial charge on any atom is -0.304 e. The summed E-state index contributed by atoms with van der Waals surface area (Å²) in [4.78, 5) is 4.35. The smallest absolute Gasteiger partial charge is 0.136 e. The normalized spacial score (nSPS) is 12.0. The molecule has 1 atom stereocenters. The van der Waals surface area contributed by atoms with Crippen LogP contribution in [0.5, 0.6) is 0 Å². The zero-order valence-corrected chi connectivity index (χ0v) is 10.1. The van der Waals surface area contributed by atoms with E-state index in [2.05, 4.69) is 29.4 Å². The Morgan fingerprint density at radius 1 is 1.33 bits per heavy atom. The summed E-state index contributed by atoms with van der Waals surface area (Å²) < 4.78 is 2.16. The number of imidazole rings is 1. The van der Waals surface area contributed by atoms with E-state index >= 15 is 0 Å². The standard InChI is InChI=1S/C11H14N2.C2H6/c1-3-9(2)10-8-12-11-6-4-5-7-13(10)11;1-2/h4-9H,3H2,1-2H3;1-2H3. The van der Waals surface area contributed by atoms with Gasteiger partial charge in [-0.1, -0.05) is 33.8 Å². The third-order valence-electron chi connectivity index (χ3n) is 2.56. The van der Waals surface area contributed by atoms with Crippen molar-refractivity contribution >= 4 is 5.65 Å². The summed E-state index contributed by atoms with van der Waals surface area (Å²) in [5.41, 5.74) is 2.34. The molecule has 0 amide bonds. The Bertz CT molecular complexity index is 404. The molecule has 2 heteroatoms. The van der Waals surface area contributed by atoms with Crippen LogP contribution in [0.4, 0.5) is 0 Å². The predicted octanol–water partition coefficient (Wildman–Crippen LogP) is 3.87. The molecule has 1 unspecified atom stereocenters. The lowest BCUT2D eigenvalue weighted by molar-refractivity contribution is 0.700. The van der Waals surface area contributed by atoms with Gasteiger partial charge in [-0.05, 0) is 24.5 Å². The van der Waals surface area contributed by atoms with Crippen molar-refractivity contribution in [2.75, 3.05) is 0 Å². The highest BCUT2D eigenvalue weighted by atomic mass is 15.0. The van der Waals surface area contributed by atoms with Crippen LogP contribution in [0.25, 0.3) is 5.65 Å². The fourth-order valence-electron chi connectivity index (χ4n) is 1.53. The van der Waals surface area contributed by atoms with Crippen molar-refractivity contribution in [2.45, 2.75) is 40.0 Å². The van der Waals surface area contributed by atoms with Gasteiger partial charge in [-0.3, -0.25) is 0 Å². The van der Waals surface area contributed by atoms with Crippen molar-refractivity contribution in [3.63, 3.8) is 0 Å². The van der Waals surface area contributed by atoms with Crippen molar-refractivity contribution in [2.24, 2.45) is 0 Å². The van der Waals surface area contributed by atoms with Crippen molar-refractivity contribution in [1.82, 2.24) is 9.38 Å². The zero-order chi connectivity index (χ0) is 11.3. The monoisotopic (exact) mass is 204 g/mol. The minimum absolute atomic E-state index is 0.581. The molecule has 2 aromatic rings. The highest BCUT2D eigenvalue weighted by Gasteiger charge is 2.07. The Hall–Kier alpha value is -1.31. The number of nitrogens with zero attached hydrogens (tertiary/aromatic N) is 2. The highest BCUT2D eigenvalue weighted by molar-refractivity contribution is 5.40. The minimum atomic E-state index is 0.581. The molecular formula is C13H20N2. The highest BCUT2D eigenvalue weighted by Crippen LogP contribution is 2.19. The molecule has 0 fully saturated rings. The molecule has 2 heterocycles. The largest absolute Gasteiger partial charge is 0.304 e. The number of hydrogen-bond acceptors (Lipinski definition) is 1. The fraction of sp³-hybridized carbons (Fsp3) is 0.462. The van der Waals surface area contributed by atoms with Crippen molar-refractivity contribution in [3.05, 3.63) is 36.3 Å². The molecule has 0 spiro atoms. The van der Waals surface area contributed by atoms with Crippen LogP contribution in [-0.4, -0.2) is 9.38 Å². The summed E-state index contributed by atoms with van der Waals surface area (Å²) in [6.45, 7) is 8.43. The molecule has 2 aromatic heterocycles. The lowest BCUT2D eigenvalue weighted by atomic mass is 10.1. The summed E-state index contributed by atoms with van der Waals surface area (Å²) >= 11 is 0. The second-order valence-corrected chi connectivity index (χ2v) is 3.42. The Morgan fingerprint density at radius 2 is 2.07 bits per heavy atom. The molecule has 0 N–H and O–H groups in total. The van der Waals surface area contributed by atoms with E-state index in [1.807, 2.05) is 38.2 Å². The van der Waals surface area contributed by atoms with Gasteiger partial charge in [0.1, 0.15) is 5.65 Å². The molecule has 82 valence electrons. The van der Waals surface area contributed by atoms with Crippen LogP contribution in [0.1, 0.15) is 45.7 Å². The van der Waals surface area contributed by atoms with E-state index in [0.29, 0.717) is 5.92 Å².